The fourth-order valence-electron chi connectivity index (χ4n) is 2.58. The minimum absolute atomic E-state index is 0. The zero-order valence-electron chi connectivity index (χ0n) is 21.3. The van der Waals surface area contributed by atoms with Crippen LogP contribution >= 0.6 is 15.8 Å². The molecule has 0 saturated carbocycles. The summed E-state index contributed by atoms with van der Waals surface area (Å²) in [5.41, 5.74) is 4.70. The van der Waals surface area contributed by atoms with Crippen molar-refractivity contribution < 1.29 is 30.3 Å². The van der Waals surface area contributed by atoms with E-state index in [9.17, 15) is 0 Å². The average molecular weight is 580 g/mol. The molecule has 1 N–H and O–H groups in total. The third-order valence-corrected chi connectivity index (χ3v) is 12.0. The van der Waals surface area contributed by atoms with Crippen molar-refractivity contribution >= 4 is 43.7 Å². The molecule has 33 heavy (non-hydrogen) atoms. The van der Waals surface area contributed by atoms with E-state index in [4.69, 9.17) is 19.9 Å². The van der Waals surface area contributed by atoms with Crippen LogP contribution < -0.4 is 10.9 Å². The van der Waals surface area contributed by atoms with Crippen molar-refractivity contribution in [2.24, 2.45) is 0 Å². The number of hydrogen-bond donors (Lipinski definition) is 1. The molecule has 2 atom stereocenters. The third kappa shape index (κ3) is 11.2. The predicted molar refractivity (Wildman–Crippen MR) is 145 cm³/mol. The van der Waals surface area contributed by atoms with Gasteiger partial charge in [-0.25, -0.2) is 9.97 Å². The van der Waals surface area contributed by atoms with Crippen LogP contribution in [-0.2, 0) is 25.2 Å². The Balaban J connectivity index is 0.000000773. The minimum atomic E-state index is -0.833. The summed E-state index contributed by atoms with van der Waals surface area (Å²) in [7, 11) is -1.51. The summed E-state index contributed by atoms with van der Waals surface area (Å²) in [6.45, 7) is 19.9. The molecule has 2 unspecified atom stereocenters. The molecule has 0 aliphatic carbocycles. The van der Waals surface area contributed by atoms with E-state index < -0.39 is 21.8 Å². The Morgan fingerprint density at radius 2 is 1.12 bits per heavy atom. The van der Waals surface area contributed by atoms with Crippen LogP contribution in [0.3, 0.4) is 0 Å². The van der Waals surface area contributed by atoms with Crippen molar-refractivity contribution in [1.82, 2.24) is 9.97 Å². The normalized spacial score (nSPS) is 12.8. The van der Waals surface area contributed by atoms with Gasteiger partial charge in [0.25, 0.3) is 5.97 Å². The molecule has 0 amide bonds. The van der Waals surface area contributed by atoms with E-state index in [2.05, 4.69) is 85.2 Å². The standard InChI is InChI=1S/C18H28N2P2.C6H5.C2H4O2.Pd/c1-17(2,3)21(7)15-16(22(8)18(4,5)6)20-14-12-10-9-11-13(14)19-15;1-2-4-6-5-3-1;1-2(3)4;/h9-12H,1-8H3;1-5H;1H3,(H,3,4);/q;-1;;/p+2. The number of carboxylic acid groups (broad SMARTS) is 1. The number of rotatable bonds is 2. The molecule has 0 radical (unpaired) electrons. The molecule has 4 nitrogen and oxygen atoms in total. The Kier molecular flexibility index (Phi) is 13.7. The quantitative estimate of drug-likeness (QED) is 0.239. The van der Waals surface area contributed by atoms with Gasteiger partial charge in [-0.3, -0.25) is 4.79 Å². The maximum absolute atomic E-state index is 9.00. The van der Waals surface area contributed by atoms with E-state index in [1.807, 2.05) is 30.3 Å². The number of aromatic nitrogens is 2. The van der Waals surface area contributed by atoms with E-state index in [0.29, 0.717) is 0 Å². The minimum Gasteiger partial charge on any atom is -0.481 e. The molecule has 0 saturated heterocycles. The molecule has 7 heteroatoms. The van der Waals surface area contributed by atoms with E-state index in [1.54, 1.807) is 0 Å². The first-order valence-electron chi connectivity index (χ1n) is 10.8. The SMILES string of the molecule is CC(=O)O.C[PH+](c1nc2ccccc2nc1[PH+](C)C(C)(C)C)C(C)(C)C.[Pd].[c-]1ccccc1. The largest absolute Gasteiger partial charge is 0.481 e. The predicted octanol–water partition coefficient (Wildman–Crippen LogP) is 5.74. The van der Waals surface area contributed by atoms with Crippen LogP contribution in [0.5, 0.6) is 0 Å². The smallest absolute Gasteiger partial charge is 0.300 e. The number of hydrogen-bond acceptors (Lipinski definition) is 3. The second kappa shape index (κ2) is 14.2. The Morgan fingerprint density at radius 1 is 0.788 bits per heavy atom. The number of aliphatic carboxylic acids is 1. The van der Waals surface area contributed by atoms with Gasteiger partial charge in [0.15, 0.2) is 0 Å². The van der Waals surface area contributed by atoms with Crippen LogP contribution in [0.4, 0.5) is 0 Å². The Bertz CT molecular complexity index is 898. The van der Waals surface area contributed by atoms with Crippen molar-refractivity contribution in [2.75, 3.05) is 13.3 Å². The number of nitrogens with zero attached hydrogens (tertiary/aromatic N) is 2. The molecular weight excluding hydrogens is 541 g/mol. The van der Waals surface area contributed by atoms with E-state index in [-0.39, 0.29) is 30.7 Å². The van der Waals surface area contributed by atoms with E-state index in [0.717, 1.165) is 18.0 Å². The maximum Gasteiger partial charge on any atom is 0.300 e. The molecule has 3 aromatic rings. The van der Waals surface area contributed by atoms with Crippen molar-refractivity contribution in [1.29, 1.82) is 0 Å². The van der Waals surface area contributed by atoms with Crippen LogP contribution in [-0.4, -0.2) is 44.7 Å². The van der Waals surface area contributed by atoms with Crippen LogP contribution in [0.1, 0.15) is 48.5 Å². The molecule has 0 bridgehead atoms. The first kappa shape index (κ1) is 31.8. The molecule has 0 aliphatic heterocycles. The molecule has 0 spiro atoms. The number of carboxylic acids is 1. The fraction of sp³-hybridized carbons (Fsp3) is 0.423. The van der Waals surface area contributed by atoms with Crippen LogP contribution in [0.15, 0.2) is 54.6 Å². The molecule has 3 rings (SSSR count). The van der Waals surface area contributed by atoms with Crippen molar-refractivity contribution in [3.05, 3.63) is 60.7 Å². The van der Waals surface area contributed by atoms with Crippen molar-refractivity contribution in [3.8, 4) is 0 Å². The summed E-state index contributed by atoms with van der Waals surface area (Å²) in [6.07, 6.45) is 0. The van der Waals surface area contributed by atoms with E-state index >= 15 is 0 Å². The summed E-state index contributed by atoms with van der Waals surface area (Å²) < 4.78 is 0. The van der Waals surface area contributed by atoms with Gasteiger partial charge in [0.05, 0.1) is 50.5 Å². The molecule has 0 fully saturated rings. The Morgan fingerprint density at radius 3 is 1.33 bits per heavy atom. The Hall–Kier alpha value is -1.23. The second-order valence-electron chi connectivity index (χ2n) is 9.76. The van der Waals surface area contributed by atoms with Gasteiger partial charge in [-0.2, -0.15) is 36.4 Å². The van der Waals surface area contributed by atoms with Crippen molar-refractivity contribution in [2.45, 2.75) is 58.8 Å². The van der Waals surface area contributed by atoms with Gasteiger partial charge in [-0.15, -0.1) is 0 Å². The molecule has 0 aliphatic rings. The van der Waals surface area contributed by atoms with Crippen LogP contribution in [0.25, 0.3) is 11.0 Å². The van der Waals surface area contributed by atoms with Gasteiger partial charge < -0.3 is 5.11 Å². The molecule has 1 aromatic heterocycles. The van der Waals surface area contributed by atoms with Gasteiger partial charge in [-0.1, -0.05) is 12.1 Å². The fourth-order valence-corrected chi connectivity index (χ4v) is 6.52. The van der Waals surface area contributed by atoms with Gasteiger partial charge in [-0.05, 0) is 53.7 Å². The molecule has 1 heterocycles. The summed E-state index contributed by atoms with van der Waals surface area (Å²) in [4.78, 5) is 19.2. The number of benzene rings is 2. The number of carbonyl (C=O) groups is 1. The summed E-state index contributed by atoms with van der Waals surface area (Å²) in [5.74, 6) is -0.833. The monoisotopic (exact) mass is 579 g/mol. The first-order valence-corrected chi connectivity index (χ1v) is 14.8. The zero-order chi connectivity index (χ0) is 24.5. The topological polar surface area (TPSA) is 63.1 Å². The summed E-state index contributed by atoms with van der Waals surface area (Å²) in [5, 5.41) is 7.99. The number of para-hydroxylation sites is 2. The maximum atomic E-state index is 9.00. The van der Waals surface area contributed by atoms with Gasteiger partial charge in [0.1, 0.15) is 0 Å². The van der Waals surface area contributed by atoms with Crippen LogP contribution in [0, 0.1) is 6.07 Å². The van der Waals surface area contributed by atoms with Crippen molar-refractivity contribution in [3.63, 3.8) is 0 Å². The average Bonchev–Trinajstić information content (AvgIpc) is 2.71. The van der Waals surface area contributed by atoms with Gasteiger partial charge in [0, 0.05) is 27.3 Å². The summed E-state index contributed by atoms with van der Waals surface area (Å²) in [6, 6.07) is 20.8. The van der Waals surface area contributed by atoms with Gasteiger partial charge >= 0.3 is 0 Å². The third-order valence-electron chi connectivity index (χ3n) is 5.14. The molecule has 2 aromatic carbocycles. The number of fused-ring (bicyclic) bond motifs is 1. The summed E-state index contributed by atoms with van der Waals surface area (Å²) >= 11 is 0. The van der Waals surface area contributed by atoms with E-state index in [1.165, 1.54) is 10.9 Å². The van der Waals surface area contributed by atoms with Gasteiger partial charge in [0.2, 0.25) is 10.9 Å². The van der Waals surface area contributed by atoms with Crippen LogP contribution in [0.2, 0.25) is 0 Å². The second-order valence-corrected chi connectivity index (χ2v) is 16.2. The molecule has 184 valence electrons. The first-order chi connectivity index (χ1) is 14.7. The molecular formula is C26H39N2O2P2Pd+. The Labute approximate surface area is 216 Å². The zero-order valence-corrected chi connectivity index (χ0v) is 24.8.